The molecule has 0 radical (unpaired) electrons. The second-order valence-electron chi connectivity index (χ2n) is 5.08. The maximum atomic E-state index is 2.39. The van der Waals surface area contributed by atoms with E-state index in [0.29, 0.717) is 11.3 Å². The lowest BCUT2D eigenvalue weighted by atomic mass is 9.70. The lowest BCUT2D eigenvalue weighted by molar-refractivity contribution is 0.252. The average Bonchev–Trinajstić information content (AvgIpc) is 2.24. The molecule has 0 nitrogen and oxygen atoms in total. The first-order chi connectivity index (χ1) is 7.49. The van der Waals surface area contributed by atoms with Gasteiger partial charge in [-0.1, -0.05) is 70.1 Å². The van der Waals surface area contributed by atoms with Crippen molar-refractivity contribution in [1.29, 1.82) is 0 Å². The first-order valence-electron chi connectivity index (χ1n) is 6.45. The Kier molecular flexibility index (Phi) is 7.12. The molecule has 0 saturated carbocycles. The molecule has 0 aliphatic heterocycles. The molecule has 0 saturated heterocycles. The molecule has 1 atom stereocenters. The first kappa shape index (κ1) is 15.2. The summed E-state index contributed by atoms with van der Waals surface area (Å²) in [6, 6.07) is 0. The molecule has 92 valence electrons. The minimum Gasteiger partial charge on any atom is -0.0877 e. The predicted molar refractivity (Wildman–Crippen MR) is 75.6 cm³/mol. The maximum Gasteiger partial charge on any atom is -0.00931 e. The Morgan fingerprint density at radius 2 is 1.81 bits per heavy atom. The summed E-state index contributed by atoms with van der Waals surface area (Å²) in [7, 11) is 0. The molecule has 0 spiro atoms. The lowest BCUT2D eigenvalue weighted by Crippen LogP contribution is -2.24. The fourth-order valence-electron chi connectivity index (χ4n) is 2.03. The number of hydrogen-bond acceptors (Lipinski definition) is 0. The van der Waals surface area contributed by atoms with Crippen molar-refractivity contribution in [2.45, 2.75) is 54.4 Å². The van der Waals surface area contributed by atoms with E-state index in [4.69, 9.17) is 0 Å². The molecule has 1 unspecified atom stereocenters. The van der Waals surface area contributed by atoms with Crippen LogP contribution in [-0.4, -0.2) is 0 Å². The van der Waals surface area contributed by atoms with Gasteiger partial charge in [-0.3, -0.25) is 0 Å². The van der Waals surface area contributed by atoms with Crippen molar-refractivity contribution in [2.24, 2.45) is 11.3 Å². The highest BCUT2D eigenvalue weighted by molar-refractivity contribution is 5.20. The summed E-state index contributed by atoms with van der Waals surface area (Å²) in [5, 5.41) is 0. The molecule has 0 aliphatic carbocycles. The fourth-order valence-corrected chi connectivity index (χ4v) is 2.03. The van der Waals surface area contributed by atoms with Crippen LogP contribution in [0.3, 0.4) is 0 Å². The molecule has 0 aromatic carbocycles. The molecular formula is C16H28. The maximum absolute atomic E-state index is 2.39. The van der Waals surface area contributed by atoms with Gasteiger partial charge in [-0.2, -0.15) is 0 Å². The van der Waals surface area contributed by atoms with E-state index in [1.165, 1.54) is 18.4 Å². The zero-order valence-electron chi connectivity index (χ0n) is 11.9. The van der Waals surface area contributed by atoms with Gasteiger partial charge in [0, 0.05) is 0 Å². The van der Waals surface area contributed by atoms with E-state index >= 15 is 0 Å². The summed E-state index contributed by atoms with van der Waals surface area (Å²) < 4.78 is 0. The summed E-state index contributed by atoms with van der Waals surface area (Å²) in [5.41, 5.74) is 1.83. The van der Waals surface area contributed by atoms with Gasteiger partial charge in [0.25, 0.3) is 0 Å². The van der Waals surface area contributed by atoms with Crippen molar-refractivity contribution >= 4 is 0 Å². The Balaban J connectivity index is 4.80. The minimum absolute atomic E-state index is 0.342. The van der Waals surface area contributed by atoms with Crippen LogP contribution < -0.4 is 0 Å². The van der Waals surface area contributed by atoms with E-state index in [2.05, 4.69) is 58.9 Å². The van der Waals surface area contributed by atoms with Crippen molar-refractivity contribution in [3.8, 4) is 0 Å². The fraction of sp³-hybridized carbons (Fsp3) is 0.625. The van der Waals surface area contributed by atoms with E-state index in [1.54, 1.807) is 0 Å². The Labute approximate surface area is 102 Å². The minimum atomic E-state index is 0.342. The standard InChI is InChI=1S/C16H28/c1-7-9-10-11-12-15(5)16(6,13-8-2)14(3)4/h7,9-12,14H,8,13H2,1-6H3/b9-7-,11-10-,15-12+. The van der Waals surface area contributed by atoms with Gasteiger partial charge < -0.3 is 0 Å². The van der Waals surface area contributed by atoms with Crippen LogP contribution >= 0.6 is 0 Å². The Morgan fingerprint density at radius 1 is 1.19 bits per heavy atom. The summed E-state index contributed by atoms with van der Waals surface area (Å²) in [4.78, 5) is 0. The highest BCUT2D eigenvalue weighted by Crippen LogP contribution is 2.39. The molecule has 0 heterocycles. The van der Waals surface area contributed by atoms with Gasteiger partial charge in [0.05, 0.1) is 0 Å². The molecule has 0 rings (SSSR count). The van der Waals surface area contributed by atoms with Crippen molar-refractivity contribution in [3.05, 3.63) is 36.0 Å². The molecule has 0 aromatic rings. The molecule has 0 amide bonds. The Morgan fingerprint density at radius 3 is 2.25 bits per heavy atom. The van der Waals surface area contributed by atoms with Crippen LogP contribution in [0, 0.1) is 11.3 Å². The molecule has 0 heteroatoms. The van der Waals surface area contributed by atoms with Crippen molar-refractivity contribution in [3.63, 3.8) is 0 Å². The van der Waals surface area contributed by atoms with E-state index in [-0.39, 0.29) is 0 Å². The largest absolute Gasteiger partial charge is 0.0877 e. The topological polar surface area (TPSA) is 0 Å². The average molecular weight is 220 g/mol. The van der Waals surface area contributed by atoms with Gasteiger partial charge in [0.2, 0.25) is 0 Å². The van der Waals surface area contributed by atoms with Gasteiger partial charge in [0.15, 0.2) is 0 Å². The molecular weight excluding hydrogens is 192 g/mol. The second kappa shape index (κ2) is 7.49. The molecule has 0 fully saturated rings. The third-order valence-corrected chi connectivity index (χ3v) is 3.71. The molecule has 16 heavy (non-hydrogen) atoms. The first-order valence-corrected chi connectivity index (χ1v) is 6.45. The zero-order chi connectivity index (χ0) is 12.6. The number of allylic oxidation sites excluding steroid dienone is 6. The molecule has 0 aromatic heterocycles. The van der Waals surface area contributed by atoms with Gasteiger partial charge in [-0.25, -0.2) is 0 Å². The van der Waals surface area contributed by atoms with Gasteiger partial charge >= 0.3 is 0 Å². The van der Waals surface area contributed by atoms with Gasteiger partial charge in [-0.15, -0.1) is 0 Å². The second-order valence-corrected chi connectivity index (χ2v) is 5.08. The van der Waals surface area contributed by atoms with E-state index in [9.17, 15) is 0 Å². The van der Waals surface area contributed by atoms with Crippen LogP contribution in [0.2, 0.25) is 0 Å². The number of hydrogen-bond donors (Lipinski definition) is 0. The lowest BCUT2D eigenvalue weighted by Gasteiger charge is -2.35. The van der Waals surface area contributed by atoms with Crippen molar-refractivity contribution < 1.29 is 0 Å². The number of rotatable bonds is 6. The van der Waals surface area contributed by atoms with E-state index in [0.717, 1.165) is 0 Å². The molecule has 0 N–H and O–H groups in total. The quantitative estimate of drug-likeness (QED) is 0.516. The van der Waals surface area contributed by atoms with Crippen LogP contribution in [0.4, 0.5) is 0 Å². The third-order valence-electron chi connectivity index (χ3n) is 3.71. The summed E-state index contributed by atoms with van der Waals surface area (Å²) in [5.74, 6) is 0.693. The molecule has 0 aliphatic rings. The van der Waals surface area contributed by atoms with Crippen LogP contribution in [0.1, 0.15) is 54.4 Å². The third kappa shape index (κ3) is 4.38. The summed E-state index contributed by atoms with van der Waals surface area (Å²) in [6.45, 7) is 13.6. The normalized spacial score (nSPS) is 17.6. The summed E-state index contributed by atoms with van der Waals surface area (Å²) in [6.07, 6.45) is 13.1. The van der Waals surface area contributed by atoms with Crippen molar-refractivity contribution in [1.82, 2.24) is 0 Å². The van der Waals surface area contributed by atoms with Crippen LogP contribution in [0.15, 0.2) is 36.0 Å². The van der Waals surface area contributed by atoms with Gasteiger partial charge in [0.1, 0.15) is 0 Å². The van der Waals surface area contributed by atoms with Crippen LogP contribution in [0.25, 0.3) is 0 Å². The monoisotopic (exact) mass is 220 g/mol. The molecule has 0 bridgehead atoms. The van der Waals surface area contributed by atoms with Gasteiger partial charge in [-0.05, 0) is 31.6 Å². The highest BCUT2D eigenvalue weighted by atomic mass is 14.3. The highest BCUT2D eigenvalue weighted by Gasteiger charge is 2.28. The zero-order valence-corrected chi connectivity index (χ0v) is 11.9. The van der Waals surface area contributed by atoms with Crippen LogP contribution in [-0.2, 0) is 0 Å². The Bertz CT molecular complexity index is 266. The summed E-state index contributed by atoms with van der Waals surface area (Å²) >= 11 is 0. The Hall–Kier alpha value is -0.780. The smallest absolute Gasteiger partial charge is 0.00931 e. The van der Waals surface area contributed by atoms with E-state index in [1.807, 2.05) is 13.0 Å². The van der Waals surface area contributed by atoms with Crippen molar-refractivity contribution in [2.75, 3.05) is 0 Å². The predicted octanol–water partition coefficient (Wildman–Crippen LogP) is 5.53. The van der Waals surface area contributed by atoms with Crippen LogP contribution in [0.5, 0.6) is 0 Å². The van der Waals surface area contributed by atoms with E-state index < -0.39 is 0 Å². The SMILES string of the molecule is C\C=C/C=C\C=C(/C)C(C)(CCC)C(C)C.